The number of halogens is 1. The van der Waals surface area contributed by atoms with Gasteiger partial charge in [0.05, 0.1) is 11.4 Å². The van der Waals surface area contributed by atoms with E-state index in [0.717, 1.165) is 23.5 Å². The number of anilines is 1. The molecule has 0 fully saturated rings. The van der Waals surface area contributed by atoms with E-state index >= 15 is 0 Å². The number of nitrogens with zero attached hydrogens (tertiary/aromatic N) is 2. The molecule has 18 heavy (non-hydrogen) atoms. The molecule has 0 bridgehead atoms. The van der Waals surface area contributed by atoms with Gasteiger partial charge in [-0.05, 0) is 30.7 Å². The van der Waals surface area contributed by atoms with Crippen LogP contribution in [0, 0.1) is 5.82 Å². The van der Waals surface area contributed by atoms with Crippen LogP contribution in [0.5, 0.6) is 0 Å². The van der Waals surface area contributed by atoms with E-state index in [-0.39, 0.29) is 5.82 Å². The van der Waals surface area contributed by atoms with E-state index in [0.29, 0.717) is 5.70 Å². The van der Waals surface area contributed by atoms with Crippen molar-refractivity contribution >= 4 is 11.4 Å². The molecule has 1 aromatic carbocycles. The lowest BCUT2D eigenvalue weighted by Gasteiger charge is -2.11. The summed E-state index contributed by atoms with van der Waals surface area (Å²) in [6, 6.07) is 6.10. The lowest BCUT2D eigenvalue weighted by atomic mass is 10.2. The van der Waals surface area contributed by atoms with Crippen LogP contribution in [-0.4, -0.2) is 9.97 Å². The summed E-state index contributed by atoms with van der Waals surface area (Å²) in [5.74, 6) is -0.264. The summed E-state index contributed by atoms with van der Waals surface area (Å²) in [5.41, 5.74) is 3.06. The van der Waals surface area contributed by atoms with Gasteiger partial charge in [0.1, 0.15) is 11.5 Å². The Labute approximate surface area is 105 Å². The summed E-state index contributed by atoms with van der Waals surface area (Å²) in [6.07, 6.45) is 4.08. The highest BCUT2D eigenvalue weighted by Crippen LogP contribution is 2.17. The second-order valence-electron chi connectivity index (χ2n) is 3.82. The fraction of sp³-hybridized carbons (Fsp3) is 0.143. The predicted molar refractivity (Wildman–Crippen MR) is 70.5 cm³/mol. The first-order chi connectivity index (χ1) is 8.70. The quantitative estimate of drug-likeness (QED) is 0.895. The van der Waals surface area contributed by atoms with Crippen molar-refractivity contribution < 1.29 is 4.39 Å². The molecule has 1 aromatic heterocycles. The first kappa shape index (κ1) is 12.2. The van der Waals surface area contributed by atoms with E-state index in [4.69, 9.17) is 0 Å². The first-order valence-corrected chi connectivity index (χ1v) is 5.72. The Morgan fingerprint density at radius 3 is 2.56 bits per heavy atom. The van der Waals surface area contributed by atoms with Crippen molar-refractivity contribution in [2.45, 2.75) is 13.3 Å². The summed E-state index contributed by atoms with van der Waals surface area (Å²) in [4.78, 5) is 8.52. The topological polar surface area (TPSA) is 37.8 Å². The first-order valence-electron chi connectivity index (χ1n) is 5.72. The van der Waals surface area contributed by atoms with Crippen molar-refractivity contribution in [3.05, 3.63) is 60.4 Å². The Morgan fingerprint density at radius 2 is 1.89 bits per heavy atom. The van der Waals surface area contributed by atoms with Crippen LogP contribution in [0.1, 0.15) is 18.3 Å². The molecule has 0 aliphatic heterocycles. The normalized spacial score (nSPS) is 10.1. The Bertz CT molecular complexity index is 549. The molecule has 0 aliphatic rings. The molecule has 0 radical (unpaired) electrons. The van der Waals surface area contributed by atoms with Gasteiger partial charge in [-0.25, -0.2) is 4.39 Å². The monoisotopic (exact) mass is 243 g/mol. The molecule has 0 atom stereocenters. The average Bonchev–Trinajstić information content (AvgIpc) is 2.41. The van der Waals surface area contributed by atoms with Gasteiger partial charge in [0, 0.05) is 18.1 Å². The molecule has 2 aromatic rings. The van der Waals surface area contributed by atoms with Crippen molar-refractivity contribution in [2.24, 2.45) is 0 Å². The molecular weight excluding hydrogens is 229 g/mol. The van der Waals surface area contributed by atoms with Crippen molar-refractivity contribution in [3.63, 3.8) is 0 Å². The largest absolute Gasteiger partial charge is 0.354 e. The molecule has 4 heteroatoms. The fourth-order valence-electron chi connectivity index (χ4n) is 1.64. The van der Waals surface area contributed by atoms with Gasteiger partial charge in [-0.1, -0.05) is 13.5 Å². The minimum absolute atomic E-state index is 0.264. The summed E-state index contributed by atoms with van der Waals surface area (Å²) < 4.78 is 12.8. The number of aryl methyl sites for hydroxylation is 1. The molecule has 0 saturated carbocycles. The zero-order chi connectivity index (χ0) is 13.0. The SMILES string of the molecule is C=C(Nc1ccc(F)cc1)c1nccnc1CC. The van der Waals surface area contributed by atoms with Crippen molar-refractivity contribution in [1.29, 1.82) is 0 Å². The smallest absolute Gasteiger partial charge is 0.123 e. The molecular formula is C14H14FN3. The summed E-state index contributed by atoms with van der Waals surface area (Å²) in [5, 5.41) is 3.10. The highest BCUT2D eigenvalue weighted by atomic mass is 19.1. The average molecular weight is 243 g/mol. The Morgan fingerprint density at radius 1 is 1.22 bits per heavy atom. The third-order valence-corrected chi connectivity index (χ3v) is 2.53. The van der Waals surface area contributed by atoms with Crippen LogP contribution in [0.25, 0.3) is 5.70 Å². The van der Waals surface area contributed by atoms with Crippen LogP contribution in [0.4, 0.5) is 10.1 Å². The van der Waals surface area contributed by atoms with Crippen LogP contribution in [0.15, 0.2) is 43.2 Å². The zero-order valence-corrected chi connectivity index (χ0v) is 10.2. The van der Waals surface area contributed by atoms with Gasteiger partial charge < -0.3 is 5.32 Å². The maximum Gasteiger partial charge on any atom is 0.123 e. The number of benzene rings is 1. The predicted octanol–water partition coefficient (Wildman–Crippen LogP) is 3.26. The molecule has 92 valence electrons. The number of nitrogens with one attached hydrogen (secondary N) is 1. The van der Waals surface area contributed by atoms with E-state index in [2.05, 4.69) is 21.9 Å². The lowest BCUT2D eigenvalue weighted by Crippen LogP contribution is -2.04. The number of aromatic nitrogens is 2. The summed E-state index contributed by atoms with van der Waals surface area (Å²) >= 11 is 0. The molecule has 1 N–H and O–H groups in total. The third kappa shape index (κ3) is 2.71. The van der Waals surface area contributed by atoms with Gasteiger partial charge in [-0.15, -0.1) is 0 Å². The molecule has 0 aliphatic carbocycles. The van der Waals surface area contributed by atoms with Gasteiger partial charge in [0.25, 0.3) is 0 Å². The lowest BCUT2D eigenvalue weighted by molar-refractivity contribution is 0.628. The van der Waals surface area contributed by atoms with Crippen LogP contribution < -0.4 is 5.32 Å². The molecule has 0 amide bonds. The Hall–Kier alpha value is -2.23. The number of hydrogen-bond acceptors (Lipinski definition) is 3. The maximum absolute atomic E-state index is 12.8. The van der Waals surface area contributed by atoms with E-state index in [1.54, 1.807) is 24.5 Å². The highest BCUT2D eigenvalue weighted by molar-refractivity contribution is 5.74. The van der Waals surface area contributed by atoms with Crippen LogP contribution in [-0.2, 0) is 6.42 Å². The van der Waals surface area contributed by atoms with Crippen molar-refractivity contribution in [3.8, 4) is 0 Å². The second-order valence-corrected chi connectivity index (χ2v) is 3.82. The minimum atomic E-state index is -0.264. The third-order valence-electron chi connectivity index (χ3n) is 2.53. The summed E-state index contributed by atoms with van der Waals surface area (Å²) in [7, 11) is 0. The van der Waals surface area contributed by atoms with Gasteiger partial charge in [0.2, 0.25) is 0 Å². The maximum atomic E-state index is 12.8. The fourth-order valence-corrected chi connectivity index (χ4v) is 1.64. The molecule has 0 saturated heterocycles. The van der Waals surface area contributed by atoms with E-state index in [1.807, 2.05) is 6.92 Å². The van der Waals surface area contributed by atoms with Gasteiger partial charge in [0.15, 0.2) is 0 Å². The second kappa shape index (κ2) is 5.40. The van der Waals surface area contributed by atoms with Crippen molar-refractivity contribution in [2.75, 3.05) is 5.32 Å². The van der Waals surface area contributed by atoms with Crippen molar-refractivity contribution in [1.82, 2.24) is 9.97 Å². The highest BCUT2D eigenvalue weighted by Gasteiger charge is 2.07. The summed E-state index contributed by atoms with van der Waals surface area (Å²) in [6.45, 7) is 5.96. The number of rotatable bonds is 4. The van der Waals surface area contributed by atoms with E-state index < -0.39 is 0 Å². The van der Waals surface area contributed by atoms with Crippen LogP contribution in [0.2, 0.25) is 0 Å². The van der Waals surface area contributed by atoms with E-state index in [9.17, 15) is 4.39 Å². The molecule has 1 heterocycles. The zero-order valence-electron chi connectivity index (χ0n) is 10.2. The van der Waals surface area contributed by atoms with Crippen LogP contribution >= 0.6 is 0 Å². The molecule has 2 rings (SSSR count). The molecule has 3 nitrogen and oxygen atoms in total. The Balaban J connectivity index is 2.19. The number of hydrogen-bond donors (Lipinski definition) is 1. The van der Waals surface area contributed by atoms with Gasteiger partial charge >= 0.3 is 0 Å². The molecule has 0 unspecified atom stereocenters. The van der Waals surface area contributed by atoms with Crippen LogP contribution in [0.3, 0.4) is 0 Å². The van der Waals surface area contributed by atoms with Gasteiger partial charge in [-0.3, -0.25) is 9.97 Å². The molecule has 0 spiro atoms. The van der Waals surface area contributed by atoms with Gasteiger partial charge in [-0.2, -0.15) is 0 Å². The van der Waals surface area contributed by atoms with E-state index in [1.165, 1.54) is 12.1 Å². The minimum Gasteiger partial charge on any atom is -0.354 e. The standard InChI is InChI=1S/C14H14FN3/c1-3-13-14(17-9-8-16-13)10(2)18-12-6-4-11(15)5-7-12/h4-9,18H,2-3H2,1H3. The Kier molecular flexibility index (Phi) is 3.67.